The molecule has 0 aromatic carbocycles. The van der Waals surface area contributed by atoms with E-state index in [4.69, 9.17) is 14.2 Å². The molecule has 0 spiro atoms. The lowest BCUT2D eigenvalue weighted by atomic mass is 10.0. The van der Waals surface area contributed by atoms with Crippen molar-refractivity contribution in [3.63, 3.8) is 0 Å². The van der Waals surface area contributed by atoms with Crippen molar-refractivity contribution in [3.05, 3.63) is 12.2 Å². The van der Waals surface area contributed by atoms with Crippen LogP contribution < -0.4 is 0 Å². The summed E-state index contributed by atoms with van der Waals surface area (Å²) in [6, 6.07) is 0. The first-order valence-corrected chi connectivity index (χ1v) is 28.7. The molecule has 0 saturated heterocycles. The van der Waals surface area contributed by atoms with Crippen LogP contribution in [0.25, 0.3) is 0 Å². The summed E-state index contributed by atoms with van der Waals surface area (Å²) in [6.07, 6.45) is 60.6. The standard InChI is InChI=1S/C58H110O6/c1-4-7-10-13-16-19-22-24-26-28-29-30-32-33-36-39-42-45-48-51-57(60)63-54-55(53-62-56(59)50-47-44-41-38-35-21-18-15-12-9-6-3)64-58(61)52-49-46-43-40-37-34-31-27-25-23-20-17-14-11-8-5-2/h28-29,55H,4-27,30-54H2,1-3H3/b29-28-. The molecule has 6 nitrogen and oxygen atoms in total. The van der Waals surface area contributed by atoms with E-state index in [0.29, 0.717) is 19.3 Å². The van der Waals surface area contributed by atoms with Crippen LogP contribution in [0, 0.1) is 0 Å². The topological polar surface area (TPSA) is 78.9 Å². The number of allylic oxidation sites excluding steroid dienone is 2. The summed E-state index contributed by atoms with van der Waals surface area (Å²) in [5, 5.41) is 0. The van der Waals surface area contributed by atoms with E-state index in [1.54, 1.807) is 0 Å². The molecule has 0 aromatic rings. The highest BCUT2D eigenvalue weighted by molar-refractivity contribution is 5.71. The smallest absolute Gasteiger partial charge is 0.306 e. The van der Waals surface area contributed by atoms with E-state index in [9.17, 15) is 14.4 Å². The Morgan fingerprint density at radius 1 is 0.297 bits per heavy atom. The van der Waals surface area contributed by atoms with Gasteiger partial charge in [0.05, 0.1) is 0 Å². The van der Waals surface area contributed by atoms with Crippen molar-refractivity contribution in [1.29, 1.82) is 0 Å². The van der Waals surface area contributed by atoms with Gasteiger partial charge in [-0.05, 0) is 44.9 Å². The maximum atomic E-state index is 12.8. The molecule has 0 aromatic heterocycles. The summed E-state index contributed by atoms with van der Waals surface area (Å²) in [5.74, 6) is -0.848. The molecule has 1 atom stereocenters. The van der Waals surface area contributed by atoms with Gasteiger partial charge in [-0.3, -0.25) is 14.4 Å². The number of unbranched alkanes of at least 4 members (excludes halogenated alkanes) is 40. The minimum atomic E-state index is -0.765. The first kappa shape index (κ1) is 62.1. The quantitative estimate of drug-likeness (QED) is 0.0262. The van der Waals surface area contributed by atoms with Crippen LogP contribution in [0.4, 0.5) is 0 Å². The minimum absolute atomic E-state index is 0.0656. The lowest BCUT2D eigenvalue weighted by molar-refractivity contribution is -0.167. The average Bonchev–Trinajstić information content (AvgIpc) is 3.29. The summed E-state index contributed by atoms with van der Waals surface area (Å²) in [5.41, 5.74) is 0. The molecule has 0 aliphatic heterocycles. The molecule has 378 valence electrons. The van der Waals surface area contributed by atoms with Gasteiger partial charge in [-0.2, -0.15) is 0 Å². The summed E-state index contributed by atoms with van der Waals surface area (Å²) in [4.78, 5) is 38.1. The Morgan fingerprint density at radius 3 is 0.781 bits per heavy atom. The average molecular weight is 904 g/mol. The van der Waals surface area contributed by atoms with Crippen LogP contribution >= 0.6 is 0 Å². The van der Waals surface area contributed by atoms with Gasteiger partial charge in [0, 0.05) is 19.3 Å². The molecule has 0 N–H and O–H groups in total. The highest BCUT2D eigenvalue weighted by Gasteiger charge is 2.19. The van der Waals surface area contributed by atoms with Gasteiger partial charge in [-0.15, -0.1) is 0 Å². The Balaban J connectivity index is 4.27. The van der Waals surface area contributed by atoms with Crippen molar-refractivity contribution in [2.24, 2.45) is 0 Å². The van der Waals surface area contributed by atoms with Gasteiger partial charge in [0.2, 0.25) is 0 Å². The molecular weight excluding hydrogens is 793 g/mol. The molecule has 6 heteroatoms. The number of hydrogen-bond acceptors (Lipinski definition) is 6. The van der Waals surface area contributed by atoms with E-state index in [1.807, 2.05) is 0 Å². The molecule has 0 saturated carbocycles. The Kier molecular flexibility index (Phi) is 52.2. The van der Waals surface area contributed by atoms with E-state index in [0.717, 1.165) is 57.8 Å². The second-order valence-electron chi connectivity index (χ2n) is 19.6. The highest BCUT2D eigenvalue weighted by Crippen LogP contribution is 2.17. The van der Waals surface area contributed by atoms with Crippen molar-refractivity contribution in [2.75, 3.05) is 13.2 Å². The van der Waals surface area contributed by atoms with Crippen LogP contribution in [0.15, 0.2) is 12.2 Å². The molecule has 0 rings (SSSR count). The Morgan fingerprint density at radius 2 is 0.516 bits per heavy atom. The summed E-state index contributed by atoms with van der Waals surface area (Å²) in [6.45, 7) is 6.68. The Hall–Kier alpha value is -1.85. The number of ether oxygens (including phenoxy) is 3. The van der Waals surface area contributed by atoms with Crippen LogP contribution in [0.3, 0.4) is 0 Å². The zero-order valence-electron chi connectivity index (χ0n) is 43.3. The SMILES string of the molecule is CCCCCCCCCC/C=C\CCCCCCCCCC(=O)OCC(COC(=O)CCCCCCCCCCCCC)OC(=O)CCCCCCCCCCCCCCCCCC. The third kappa shape index (κ3) is 51.1. The van der Waals surface area contributed by atoms with Crippen LogP contribution in [0.1, 0.15) is 323 Å². The van der Waals surface area contributed by atoms with Gasteiger partial charge in [-0.25, -0.2) is 0 Å². The zero-order chi connectivity index (χ0) is 46.5. The fraction of sp³-hybridized carbons (Fsp3) is 0.914. The van der Waals surface area contributed by atoms with Gasteiger partial charge in [-0.1, -0.05) is 270 Å². The Labute approximate surface area is 399 Å². The van der Waals surface area contributed by atoms with Crippen molar-refractivity contribution in [1.82, 2.24) is 0 Å². The largest absolute Gasteiger partial charge is 0.462 e. The van der Waals surface area contributed by atoms with E-state index >= 15 is 0 Å². The molecule has 1 unspecified atom stereocenters. The normalized spacial score (nSPS) is 12.0. The number of rotatable bonds is 53. The van der Waals surface area contributed by atoms with Crippen molar-refractivity contribution in [2.45, 2.75) is 329 Å². The molecule has 0 aliphatic carbocycles. The van der Waals surface area contributed by atoms with Gasteiger partial charge in [0.15, 0.2) is 6.10 Å². The van der Waals surface area contributed by atoms with Crippen molar-refractivity contribution in [3.8, 4) is 0 Å². The molecule has 0 radical (unpaired) electrons. The number of carbonyl (C=O) groups is 3. The maximum absolute atomic E-state index is 12.8. The second-order valence-corrected chi connectivity index (χ2v) is 19.6. The highest BCUT2D eigenvalue weighted by atomic mass is 16.6. The first-order chi connectivity index (χ1) is 31.5. The van der Waals surface area contributed by atoms with Gasteiger partial charge >= 0.3 is 17.9 Å². The molecule has 64 heavy (non-hydrogen) atoms. The van der Waals surface area contributed by atoms with Crippen LogP contribution in [-0.4, -0.2) is 37.2 Å². The summed E-state index contributed by atoms with van der Waals surface area (Å²) in [7, 11) is 0. The van der Waals surface area contributed by atoms with Gasteiger partial charge in [0.1, 0.15) is 13.2 Å². The predicted molar refractivity (Wildman–Crippen MR) is 275 cm³/mol. The predicted octanol–water partition coefficient (Wildman–Crippen LogP) is 18.9. The number of esters is 3. The summed E-state index contributed by atoms with van der Waals surface area (Å²) >= 11 is 0. The van der Waals surface area contributed by atoms with Crippen molar-refractivity contribution >= 4 is 17.9 Å². The van der Waals surface area contributed by atoms with Crippen LogP contribution in [0.2, 0.25) is 0 Å². The maximum Gasteiger partial charge on any atom is 0.306 e. The van der Waals surface area contributed by atoms with E-state index < -0.39 is 6.10 Å². The van der Waals surface area contributed by atoms with E-state index in [1.165, 1.54) is 225 Å². The van der Waals surface area contributed by atoms with E-state index in [2.05, 4.69) is 32.9 Å². The molecule has 0 heterocycles. The molecule has 0 aliphatic rings. The third-order valence-electron chi connectivity index (χ3n) is 13.0. The second kappa shape index (κ2) is 53.8. The molecule has 0 bridgehead atoms. The summed E-state index contributed by atoms with van der Waals surface area (Å²) < 4.78 is 16.9. The zero-order valence-corrected chi connectivity index (χ0v) is 43.3. The van der Waals surface area contributed by atoms with Gasteiger partial charge in [0.25, 0.3) is 0 Å². The molecule has 0 amide bonds. The van der Waals surface area contributed by atoms with Crippen LogP contribution in [-0.2, 0) is 28.6 Å². The molecule has 0 fully saturated rings. The number of hydrogen-bond donors (Lipinski definition) is 0. The Bertz CT molecular complexity index is 993. The van der Waals surface area contributed by atoms with Crippen LogP contribution in [0.5, 0.6) is 0 Å². The fourth-order valence-corrected chi connectivity index (χ4v) is 8.68. The van der Waals surface area contributed by atoms with Gasteiger partial charge < -0.3 is 14.2 Å². The lowest BCUT2D eigenvalue weighted by Gasteiger charge is -2.18. The monoisotopic (exact) mass is 903 g/mol. The lowest BCUT2D eigenvalue weighted by Crippen LogP contribution is -2.30. The van der Waals surface area contributed by atoms with Crippen molar-refractivity contribution < 1.29 is 28.6 Å². The molecular formula is C58H110O6. The first-order valence-electron chi connectivity index (χ1n) is 28.7. The fourth-order valence-electron chi connectivity index (χ4n) is 8.68. The third-order valence-corrected chi connectivity index (χ3v) is 13.0. The minimum Gasteiger partial charge on any atom is -0.462 e. The number of carbonyl (C=O) groups excluding carboxylic acids is 3. The van der Waals surface area contributed by atoms with E-state index in [-0.39, 0.29) is 31.1 Å².